The molecule has 0 aliphatic carbocycles. The van der Waals surface area contributed by atoms with E-state index in [4.69, 9.17) is 9.84 Å². The molecule has 2 aliphatic rings. The second-order valence-corrected chi connectivity index (χ2v) is 8.18. The third-order valence-electron chi connectivity index (χ3n) is 6.07. The first-order valence-corrected chi connectivity index (χ1v) is 10.7. The van der Waals surface area contributed by atoms with E-state index in [0.717, 1.165) is 38.2 Å². The number of ether oxygens (including phenoxy) is 1. The molecule has 0 spiro atoms. The maximum Gasteiger partial charge on any atom is 0.240 e. The zero-order valence-electron chi connectivity index (χ0n) is 17.2. The Morgan fingerprint density at radius 2 is 2.04 bits per heavy atom. The van der Waals surface area contributed by atoms with Gasteiger partial charge < -0.3 is 15.2 Å². The lowest BCUT2D eigenvalue weighted by Crippen LogP contribution is -2.53. The topological polar surface area (TPSA) is 65.0 Å². The molecule has 2 fully saturated rings. The highest BCUT2D eigenvalue weighted by Gasteiger charge is 2.42. The number of rotatable bonds is 9. The number of aliphatic hydroxyl groups excluding tert-OH is 1. The zero-order chi connectivity index (χ0) is 19.8. The van der Waals surface area contributed by atoms with Crippen LogP contribution in [0.5, 0.6) is 5.75 Å². The Hall–Kier alpha value is -1.63. The van der Waals surface area contributed by atoms with Gasteiger partial charge >= 0.3 is 0 Å². The average molecular weight is 390 g/mol. The van der Waals surface area contributed by atoms with Crippen molar-refractivity contribution in [2.45, 2.75) is 51.1 Å². The van der Waals surface area contributed by atoms with E-state index in [9.17, 15) is 4.79 Å². The number of likely N-dealkylation sites (tertiary alicyclic amines) is 2. The van der Waals surface area contributed by atoms with Crippen molar-refractivity contribution in [3.8, 4) is 5.75 Å². The van der Waals surface area contributed by atoms with Crippen molar-refractivity contribution >= 4 is 5.91 Å². The van der Waals surface area contributed by atoms with Crippen LogP contribution in [0.1, 0.15) is 44.6 Å². The number of amides is 1. The number of benzene rings is 1. The van der Waals surface area contributed by atoms with Gasteiger partial charge in [0.05, 0.1) is 12.1 Å². The first-order valence-electron chi connectivity index (χ1n) is 10.7. The van der Waals surface area contributed by atoms with Gasteiger partial charge in [0.1, 0.15) is 12.4 Å². The van der Waals surface area contributed by atoms with Crippen LogP contribution in [0.15, 0.2) is 24.3 Å². The summed E-state index contributed by atoms with van der Waals surface area (Å²) in [4.78, 5) is 17.3. The third-order valence-corrected chi connectivity index (χ3v) is 6.07. The Morgan fingerprint density at radius 3 is 2.82 bits per heavy atom. The molecule has 2 heterocycles. The summed E-state index contributed by atoms with van der Waals surface area (Å²) in [6.07, 6.45) is 5.81. The van der Waals surface area contributed by atoms with E-state index >= 15 is 0 Å². The van der Waals surface area contributed by atoms with E-state index in [1.54, 1.807) is 0 Å². The van der Waals surface area contributed by atoms with Gasteiger partial charge in [0.2, 0.25) is 5.91 Å². The SMILES string of the molecule is C[C@@]1(C(=O)NCCO)CCCN1Cc1cccc(OCCN2CCCCC2)c1. The highest BCUT2D eigenvalue weighted by molar-refractivity contribution is 5.86. The third kappa shape index (κ3) is 5.46. The van der Waals surface area contributed by atoms with Gasteiger partial charge in [-0.2, -0.15) is 0 Å². The summed E-state index contributed by atoms with van der Waals surface area (Å²) in [5.41, 5.74) is 0.652. The van der Waals surface area contributed by atoms with Crippen LogP contribution in [0, 0.1) is 0 Å². The van der Waals surface area contributed by atoms with Crippen molar-refractivity contribution < 1.29 is 14.6 Å². The smallest absolute Gasteiger partial charge is 0.240 e. The van der Waals surface area contributed by atoms with Crippen molar-refractivity contribution in [3.63, 3.8) is 0 Å². The summed E-state index contributed by atoms with van der Waals surface area (Å²) in [5, 5.41) is 11.8. The van der Waals surface area contributed by atoms with Gasteiger partial charge in [0.15, 0.2) is 0 Å². The molecular weight excluding hydrogens is 354 g/mol. The van der Waals surface area contributed by atoms with Crippen molar-refractivity contribution in [2.24, 2.45) is 0 Å². The molecule has 3 rings (SSSR count). The maximum atomic E-state index is 12.6. The highest BCUT2D eigenvalue weighted by Crippen LogP contribution is 2.31. The Labute approximate surface area is 168 Å². The molecule has 0 unspecified atom stereocenters. The van der Waals surface area contributed by atoms with Crippen LogP contribution in [0.3, 0.4) is 0 Å². The predicted molar refractivity (Wildman–Crippen MR) is 110 cm³/mol. The summed E-state index contributed by atoms with van der Waals surface area (Å²) < 4.78 is 6.00. The Morgan fingerprint density at radius 1 is 1.21 bits per heavy atom. The van der Waals surface area contributed by atoms with Gasteiger partial charge in [0.25, 0.3) is 0 Å². The molecule has 1 amide bonds. The molecule has 0 radical (unpaired) electrons. The van der Waals surface area contributed by atoms with Crippen LogP contribution >= 0.6 is 0 Å². The van der Waals surface area contributed by atoms with E-state index < -0.39 is 5.54 Å². The molecule has 6 heteroatoms. The fraction of sp³-hybridized carbons (Fsp3) is 0.682. The normalized spacial score (nSPS) is 23.6. The van der Waals surface area contributed by atoms with Gasteiger partial charge in [-0.05, 0) is 69.9 Å². The number of carbonyl (C=O) groups is 1. The molecular formula is C22H35N3O3. The van der Waals surface area contributed by atoms with Gasteiger partial charge in [-0.15, -0.1) is 0 Å². The summed E-state index contributed by atoms with van der Waals surface area (Å²) in [7, 11) is 0. The highest BCUT2D eigenvalue weighted by atomic mass is 16.5. The number of piperidine rings is 1. The fourth-order valence-corrected chi connectivity index (χ4v) is 4.32. The van der Waals surface area contributed by atoms with E-state index in [0.29, 0.717) is 13.2 Å². The average Bonchev–Trinajstić information content (AvgIpc) is 3.09. The first-order chi connectivity index (χ1) is 13.6. The summed E-state index contributed by atoms with van der Waals surface area (Å²) in [5.74, 6) is 0.910. The standard InChI is InChI=1S/C22H35N3O3/c1-22(21(27)23-10-15-26)9-6-13-25(22)18-19-7-5-8-20(17-19)28-16-14-24-11-3-2-4-12-24/h5,7-8,17,26H,2-4,6,9-16,18H2,1H3,(H,23,27)/t22-/m0/s1. The van der Waals surface area contributed by atoms with Crippen LogP contribution in [0.2, 0.25) is 0 Å². The van der Waals surface area contributed by atoms with Crippen LogP contribution in [-0.4, -0.2) is 72.3 Å². The molecule has 2 saturated heterocycles. The molecule has 1 atom stereocenters. The molecule has 6 nitrogen and oxygen atoms in total. The minimum atomic E-state index is -0.514. The van der Waals surface area contributed by atoms with E-state index in [1.165, 1.54) is 37.9 Å². The maximum absolute atomic E-state index is 12.6. The number of hydrogen-bond acceptors (Lipinski definition) is 5. The number of hydrogen-bond donors (Lipinski definition) is 2. The molecule has 1 aromatic rings. The monoisotopic (exact) mass is 389 g/mol. The quantitative estimate of drug-likeness (QED) is 0.676. The first kappa shape index (κ1) is 21.1. The van der Waals surface area contributed by atoms with Crippen LogP contribution in [0.4, 0.5) is 0 Å². The molecule has 0 aromatic heterocycles. The van der Waals surface area contributed by atoms with Crippen LogP contribution in [-0.2, 0) is 11.3 Å². The minimum Gasteiger partial charge on any atom is -0.492 e. The fourth-order valence-electron chi connectivity index (χ4n) is 4.32. The lowest BCUT2D eigenvalue weighted by atomic mass is 9.97. The summed E-state index contributed by atoms with van der Waals surface area (Å²) >= 11 is 0. The van der Waals surface area contributed by atoms with E-state index in [2.05, 4.69) is 27.2 Å². The largest absolute Gasteiger partial charge is 0.492 e. The van der Waals surface area contributed by atoms with Crippen LogP contribution < -0.4 is 10.1 Å². The molecule has 0 bridgehead atoms. The number of nitrogens with one attached hydrogen (secondary N) is 1. The molecule has 2 aliphatic heterocycles. The molecule has 1 aromatic carbocycles. The zero-order valence-corrected chi connectivity index (χ0v) is 17.2. The van der Waals surface area contributed by atoms with Gasteiger partial charge in [0, 0.05) is 19.6 Å². The second-order valence-electron chi connectivity index (χ2n) is 8.18. The van der Waals surface area contributed by atoms with Crippen molar-refractivity contribution in [2.75, 3.05) is 45.9 Å². The molecule has 2 N–H and O–H groups in total. The Bertz CT molecular complexity index is 633. The Balaban J connectivity index is 1.53. The summed E-state index contributed by atoms with van der Waals surface area (Å²) in [6, 6.07) is 8.24. The number of carbonyl (C=O) groups excluding carboxylic acids is 1. The van der Waals surface area contributed by atoms with Gasteiger partial charge in [-0.3, -0.25) is 14.6 Å². The number of aliphatic hydroxyl groups is 1. The van der Waals surface area contributed by atoms with Gasteiger partial charge in [-0.25, -0.2) is 0 Å². The molecule has 0 saturated carbocycles. The van der Waals surface area contributed by atoms with E-state index in [1.807, 2.05) is 19.1 Å². The number of nitrogens with zero attached hydrogens (tertiary/aromatic N) is 2. The molecule has 28 heavy (non-hydrogen) atoms. The van der Waals surface area contributed by atoms with Crippen molar-refractivity contribution in [3.05, 3.63) is 29.8 Å². The second kappa shape index (κ2) is 10.2. The summed E-state index contributed by atoms with van der Waals surface area (Å²) in [6.45, 7) is 8.00. The van der Waals surface area contributed by atoms with Crippen molar-refractivity contribution in [1.29, 1.82) is 0 Å². The van der Waals surface area contributed by atoms with Crippen molar-refractivity contribution in [1.82, 2.24) is 15.1 Å². The van der Waals surface area contributed by atoms with Gasteiger partial charge in [-0.1, -0.05) is 18.6 Å². The lowest BCUT2D eigenvalue weighted by molar-refractivity contribution is -0.131. The van der Waals surface area contributed by atoms with Crippen LogP contribution in [0.25, 0.3) is 0 Å². The lowest BCUT2D eigenvalue weighted by Gasteiger charge is -2.34. The predicted octanol–water partition coefficient (Wildman–Crippen LogP) is 2.01. The Kier molecular flexibility index (Phi) is 7.71. The minimum absolute atomic E-state index is 0.00739. The molecule has 156 valence electrons. The van der Waals surface area contributed by atoms with E-state index in [-0.39, 0.29) is 12.5 Å².